The maximum Gasteiger partial charge on any atom is 0.0456 e. The Morgan fingerprint density at radius 1 is 0.939 bits per heavy atom. The van der Waals surface area contributed by atoms with Gasteiger partial charge in [-0.3, -0.25) is 0 Å². The summed E-state index contributed by atoms with van der Waals surface area (Å²) < 4.78 is 0. The monoisotopic (exact) mass is 441 g/mol. The molecule has 1 aromatic heterocycles. The first-order valence-corrected chi connectivity index (χ1v) is 12.5. The highest BCUT2D eigenvalue weighted by atomic mass is 14.7. The van der Waals surface area contributed by atoms with Gasteiger partial charge in [0.05, 0.1) is 0 Å². The summed E-state index contributed by atoms with van der Waals surface area (Å²) >= 11 is 0. The largest absolute Gasteiger partial charge is 0.361 e. The highest BCUT2D eigenvalue weighted by molar-refractivity contribution is 5.84. The molecule has 0 saturated heterocycles. The lowest BCUT2D eigenvalue weighted by Gasteiger charge is -2.08. The number of allylic oxidation sites excluding steroid dienone is 1. The summed E-state index contributed by atoms with van der Waals surface area (Å²) in [6, 6.07) is 22.1. The number of H-pyrrole nitrogens is 1. The molecular weight excluding hydrogens is 398 g/mol. The van der Waals surface area contributed by atoms with E-state index >= 15 is 0 Å². The van der Waals surface area contributed by atoms with Crippen LogP contribution in [0.1, 0.15) is 82.3 Å². The average Bonchev–Trinajstić information content (AvgIpc) is 3.48. The molecule has 0 radical (unpaired) electrons. The molecule has 0 aliphatic heterocycles. The van der Waals surface area contributed by atoms with Crippen molar-refractivity contribution in [3.05, 3.63) is 112 Å². The van der Waals surface area contributed by atoms with Gasteiger partial charge in [-0.15, -0.1) is 0 Å². The van der Waals surface area contributed by atoms with Gasteiger partial charge in [-0.25, -0.2) is 0 Å². The van der Waals surface area contributed by atoms with E-state index in [1.54, 1.807) is 0 Å². The van der Waals surface area contributed by atoms with E-state index in [1.165, 1.54) is 49.8 Å². The highest BCUT2D eigenvalue weighted by Crippen LogP contribution is 2.26. The van der Waals surface area contributed by atoms with Crippen LogP contribution in [0.5, 0.6) is 0 Å². The number of benzene rings is 3. The standard InChI is InChI=1S/C17H16.C13H17N.C2H6.2H2/c1-13-5-2-6-14(11-13)12-16-9-3-7-15-8-4-10-17(15)16;1-4-10-8-14-13-6-5-11(9(2)3)7-12(10)13;1-2;;/h2-7,9-11H,8,12H2,1H3;5-9,14H,4H2,1-3H3;1-2H3;2*1H. The van der Waals surface area contributed by atoms with Gasteiger partial charge in [-0.2, -0.15) is 0 Å². The lowest BCUT2D eigenvalue weighted by molar-refractivity contribution is 0.868. The van der Waals surface area contributed by atoms with Crippen molar-refractivity contribution in [1.29, 1.82) is 0 Å². The molecule has 1 nitrogen and oxygen atoms in total. The zero-order valence-corrected chi connectivity index (χ0v) is 21.2. The van der Waals surface area contributed by atoms with Gasteiger partial charge in [0.25, 0.3) is 0 Å². The van der Waals surface area contributed by atoms with E-state index in [1.807, 2.05) is 13.8 Å². The van der Waals surface area contributed by atoms with Crippen molar-refractivity contribution in [1.82, 2.24) is 4.98 Å². The number of nitrogens with one attached hydrogen (secondary N) is 1. The second-order valence-corrected chi connectivity index (χ2v) is 8.89. The first kappa shape index (κ1) is 24.6. The molecule has 0 unspecified atom stereocenters. The Hall–Kier alpha value is -3.06. The van der Waals surface area contributed by atoms with E-state index in [2.05, 4.69) is 112 Å². The minimum Gasteiger partial charge on any atom is -0.361 e. The predicted molar refractivity (Wildman–Crippen MR) is 151 cm³/mol. The summed E-state index contributed by atoms with van der Waals surface area (Å²) in [6.45, 7) is 12.8. The molecule has 1 N–H and O–H groups in total. The van der Waals surface area contributed by atoms with Crippen molar-refractivity contribution in [3.63, 3.8) is 0 Å². The minimum atomic E-state index is 0. The minimum absolute atomic E-state index is 0. The average molecular weight is 442 g/mol. The van der Waals surface area contributed by atoms with Crippen LogP contribution in [0.4, 0.5) is 0 Å². The number of rotatable bonds is 4. The number of aryl methyl sites for hydroxylation is 2. The number of aromatic amines is 1. The topological polar surface area (TPSA) is 15.8 Å². The van der Waals surface area contributed by atoms with E-state index < -0.39 is 0 Å². The number of fused-ring (bicyclic) bond motifs is 2. The van der Waals surface area contributed by atoms with Crippen LogP contribution < -0.4 is 0 Å². The molecule has 1 heterocycles. The summed E-state index contributed by atoms with van der Waals surface area (Å²) in [7, 11) is 0. The van der Waals surface area contributed by atoms with Gasteiger partial charge in [0.2, 0.25) is 0 Å². The van der Waals surface area contributed by atoms with Gasteiger partial charge >= 0.3 is 0 Å². The number of hydrogen-bond acceptors (Lipinski definition) is 0. The van der Waals surface area contributed by atoms with E-state index in [4.69, 9.17) is 0 Å². The summed E-state index contributed by atoms with van der Waals surface area (Å²) in [5.41, 5.74) is 11.2. The van der Waals surface area contributed by atoms with Gasteiger partial charge in [-0.05, 0) is 77.6 Å². The van der Waals surface area contributed by atoms with Gasteiger partial charge in [0.1, 0.15) is 0 Å². The predicted octanol–water partition coefficient (Wildman–Crippen LogP) is 9.53. The maximum absolute atomic E-state index is 3.31. The van der Waals surface area contributed by atoms with Crippen molar-refractivity contribution in [2.45, 2.75) is 66.7 Å². The van der Waals surface area contributed by atoms with E-state index in [9.17, 15) is 0 Å². The molecule has 1 aliphatic rings. The highest BCUT2D eigenvalue weighted by Gasteiger charge is 2.09. The van der Waals surface area contributed by atoms with Gasteiger partial charge in [0.15, 0.2) is 0 Å². The molecule has 3 aromatic carbocycles. The maximum atomic E-state index is 3.31. The van der Waals surface area contributed by atoms with Crippen LogP contribution in [0.25, 0.3) is 17.0 Å². The second kappa shape index (κ2) is 11.7. The van der Waals surface area contributed by atoms with E-state index in [0.29, 0.717) is 5.92 Å². The third-order valence-corrected chi connectivity index (χ3v) is 6.23. The first-order chi connectivity index (χ1) is 16.0. The second-order valence-electron chi connectivity index (χ2n) is 8.89. The normalized spacial score (nSPS) is 11.6. The molecular formula is C32H43N. The van der Waals surface area contributed by atoms with Crippen LogP contribution in [0, 0.1) is 6.92 Å². The van der Waals surface area contributed by atoms with Crippen LogP contribution in [-0.2, 0) is 19.3 Å². The van der Waals surface area contributed by atoms with Crippen LogP contribution >= 0.6 is 0 Å². The molecule has 176 valence electrons. The fourth-order valence-corrected chi connectivity index (χ4v) is 4.41. The molecule has 0 spiro atoms. The molecule has 1 aliphatic carbocycles. The van der Waals surface area contributed by atoms with Crippen LogP contribution in [0.15, 0.2) is 72.9 Å². The Labute approximate surface area is 203 Å². The van der Waals surface area contributed by atoms with Gasteiger partial charge in [0, 0.05) is 20.0 Å². The lowest BCUT2D eigenvalue weighted by atomic mass is 9.97. The van der Waals surface area contributed by atoms with Crippen molar-refractivity contribution in [3.8, 4) is 0 Å². The Kier molecular flexibility index (Phi) is 8.72. The Morgan fingerprint density at radius 2 is 1.73 bits per heavy atom. The van der Waals surface area contributed by atoms with E-state index in [0.717, 1.165) is 19.3 Å². The number of aromatic nitrogens is 1. The third kappa shape index (κ3) is 6.05. The van der Waals surface area contributed by atoms with Gasteiger partial charge in [-0.1, -0.05) is 101 Å². The van der Waals surface area contributed by atoms with Gasteiger partial charge < -0.3 is 4.98 Å². The Bertz CT molecular complexity index is 1220. The van der Waals surface area contributed by atoms with Crippen LogP contribution in [-0.4, -0.2) is 4.98 Å². The molecule has 0 saturated carbocycles. The SMILES string of the molecule is CC.CCc1c[nH]c2ccc(C(C)C)cc12.Cc1cccc(Cc2cccc3c2C=CC3)c1.[HH].[HH]. The first-order valence-electron chi connectivity index (χ1n) is 12.5. The molecule has 33 heavy (non-hydrogen) atoms. The molecule has 1 heteroatoms. The fraction of sp³-hybridized carbons (Fsp3) is 0.312. The quantitative estimate of drug-likeness (QED) is 0.324. The van der Waals surface area contributed by atoms with Crippen molar-refractivity contribution < 1.29 is 2.85 Å². The molecule has 0 atom stereocenters. The summed E-state index contributed by atoms with van der Waals surface area (Å²) in [5, 5.41) is 1.39. The molecule has 0 fully saturated rings. The van der Waals surface area contributed by atoms with Crippen molar-refractivity contribution >= 4 is 17.0 Å². The fourth-order valence-electron chi connectivity index (χ4n) is 4.41. The Morgan fingerprint density at radius 3 is 2.45 bits per heavy atom. The number of hydrogen-bond donors (Lipinski definition) is 1. The summed E-state index contributed by atoms with van der Waals surface area (Å²) in [5.74, 6) is 0.610. The van der Waals surface area contributed by atoms with Crippen molar-refractivity contribution in [2.75, 3.05) is 0 Å². The van der Waals surface area contributed by atoms with Crippen LogP contribution in [0.3, 0.4) is 0 Å². The zero-order valence-electron chi connectivity index (χ0n) is 21.2. The smallest absolute Gasteiger partial charge is 0.0456 e. The summed E-state index contributed by atoms with van der Waals surface area (Å²) in [4.78, 5) is 3.31. The van der Waals surface area contributed by atoms with Crippen LogP contribution in [0.2, 0.25) is 0 Å². The molecule has 0 bridgehead atoms. The molecule has 4 aromatic rings. The summed E-state index contributed by atoms with van der Waals surface area (Å²) in [6.07, 6.45) is 9.87. The van der Waals surface area contributed by atoms with E-state index in [-0.39, 0.29) is 2.85 Å². The zero-order chi connectivity index (χ0) is 23.8. The van der Waals surface area contributed by atoms with Crippen molar-refractivity contribution in [2.24, 2.45) is 0 Å². The molecule has 5 rings (SSSR count). The molecule has 0 amide bonds. The lowest BCUT2D eigenvalue weighted by Crippen LogP contribution is -1.94. The third-order valence-electron chi connectivity index (χ3n) is 6.23. The Balaban J connectivity index is 0.000000315.